The van der Waals surface area contributed by atoms with Crippen molar-refractivity contribution in [1.82, 2.24) is 10.2 Å². The average molecular weight is 436 g/mol. The molecule has 0 amide bonds. The van der Waals surface area contributed by atoms with Crippen molar-refractivity contribution >= 4 is 33.1 Å². The zero-order chi connectivity index (χ0) is 21.8. The molecule has 6 nitrogen and oxygen atoms in total. The first kappa shape index (κ1) is 21.1. The molecule has 0 fully saturated rings. The molecule has 0 atom stereocenters. The van der Waals surface area contributed by atoms with Gasteiger partial charge < -0.3 is 14.8 Å². The van der Waals surface area contributed by atoms with Crippen molar-refractivity contribution in [2.45, 2.75) is 46.0 Å². The van der Waals surface area contributed by atoms with Gasteiger partial charge in [-0.25, -0.2) is 4.79 Å². The molecule has 160 valence electrons. The lowest BCUT2D eigenvalue weighted by atomic mass is 10.0. The van der Waals surface area contributed by atoms with E-state index in [-0.39, 0.29) is 5.75 Å². The van der Waals surface area contributed by atoms with Crippen LogP contribution >= 0.6 is 11.3 Å². The Bertz CT molecular complexity index is 1250. The van der Waals surface area contributed by atoms with E-state index in [9.17, 15) is 9.90 Å². The molecule has 0 bridgehead atoms. The quantitative estimate of drug-likeness (QED) is 0.253. The summed E-state index contributed by atoms with van der Waals surface area (Å²) < 4.78 is 5.47. The summed E-state index contributed by atoms with van der Waals surface area (Å²) in [5, 5.41) is 23.7. The third-order valence-electron chi connectivity index (χ3n) is 5.19. The average Bonchev–Trinajstić information content (AvgIpc) is 3.21. The molecule has 0 aliphatic heterocycles. The van der Waals surface area contributed by atoms with Gasteiger partial charge in [-0.15, -0.1) is 10.2 Å². The van der Waals surface area contributed by atoms with E-state index in [0.29, 0.717) is 21.3 Å². The molecule has 2 aromatic carbocycles. The molecular formula is C24H25N3O3S. The Morgan fingerprint density at radius 2 is 1.87 bits per heavy atom. The van der Waals surface area contributed by atoms with Crippen LogP contribution in [0.25, 0.3) is 21.5 Å². The maximum atomic E-state index is 12.5. The second kappa shape index (κ2) is 9.31. The van der Waals surface area contributed by atoms with Crippen LogP contribution in [0.1, 0.15) is 43.7 Å². The Morgan fingerprint density at radius 1 is 1.06 bits per heavy atom. The number of anilines is 2. The van der Waals surface area contributed by atoms with Crippen LogP contribution in [0.3, 0.4) is 0 Å². The highest BCUT2D eigenvalue weighted by molar-refractivity contribution is 7.18. The third kappa shape index (κ3) is 4.94. The minimum atomic E-state index is -0.499. The third-order valence-corrected chi connectivity index (χ3v) is 6.06. The molecule has 0 aliphatic carbocycles. The number of fused-ring (bicyclic) bond motifs is 1. The number of nitrogens with zero attached hydrogens (tertiary/aromatic N) is 2. The second-order valence-corrected chi connectivity index (χ2v) is 8.66. The predicted molar refractivity (Wildman–Crippen MR) is 125 cm³/mol. The Balaban J connectivity index is 1.60. The van der Waals surface area contributed by atoms with Crippen LogP contribution < -0.4 is 10.9 Å². The largest absolute Gasteiger partial charge is 0.508 e. The van der Waals surface area contributed by atoms with Gasteiger partial charge in [0.1, 0.15) is 11.3 Å². The number of rotatable bonds is 8. The lowest BCUT2D eigenvalue weighted by Gasteiger charge is -2.07. The van der Waals surface area contributed by atoms with Gasteiger partial charge in [0, 0.05) is 17.1 Å². The van der Waals surface area contributed by atoms with Crippen LogP contribution in [0.4, 0.5) is 10.8 Å². The number of phenolic OH excluding ortho intramolecular Hbond substituents is 1. The zero-order valence-corrected chi connectivity index (χ0v) is 18.5. The number of unbranched alkanes of at least 4 members (excludes halogenated alkanes) is 3. The highest BCUT2D eigenvalue weighted by atomic mass is 32.1. The number of nitrogens with one attached hydrogen (secondary N) is 1. The Hall–Kier alpha value is -3.19. The van der Waals surface area contributed by atoms with Crippen LogP contribution in [-0.4, -0.2) is 15.3 Å². The summed E-state index contributed by atoms with van der Waals surface area (Å²) in [6, 6.07) is 13.2. The van der Waals surface area contributed by atoms with Gasteiger partial charge in [-0.2, -0.15) is 0 Å². The fraction of sp³-hybridized carbons (Fsp3) is 0.292. The van der Waals surface area contributed by atoms with E-state index in [1.54, 1.807) is 6.07 Å². The van der Waals surface area contributed by atoms with Gasteiger partial charge in [0.15, 0.2) is 5.01 Å². The highest BCUT2D eigenvalue weighted by Gasteiger charge is 2.15. The van der Waals surface area contributed by atoms with Crippen LogP contribution in [0.2, 0.25) is 0 Å². The number of hydrogen-bond acceptors (Lipinski definition) is 7. The van der Waals surface area contributed by atoms with Crippen LogP contribution in [0, 0.1) is 6.92 Å². The van der Waals surface area contributed by atoms with E-state index in [2.05, 4.69) is 22.4 Å². The predicted octanol–water partition coefficient (Wildman–Crippen LogP) is 6.19. The number of phenols is 1. The normalized spacial score (nSPS) is 11.2. The lowest BCUT2D eigenvalue weighted by molar-refractivity contribution is 0.464. The van der Waals surface area contributed by atoms with Gasteiger partial charge >= 0.3 is 5.63 Å². The molecule has 0 spiro atoms. The van der Waals surface area contributed by atoms with E-state index in [1.807, 2.05) is 37.3 Å². The van der Waals surface area contributed by atoms with Crippen molar-refractivity contribution in [3.05, 3.63) is 64.0 Å². The van der Waals surface area contributed by atoms with Gasteiger partial charge in [-0.3, -0.25) is 0 Å². The molecule has 0 saturated carbocycles. The summed E-state index contributed by atoms with van der Waals surface area (Å²) in [5.41, 5.74) is 3.17. The molecule has 4 aromatic rings. The maximum Gasteiger partial charge on any atom is 0.346 e. The number of benzene rings is 2. The van der Waals surface area contributed by atoms with Crippen LogP contribution in [-0.2, 0) is 6.42 Å². The van der Waals surface area contributed by atoms with Gasteiger partial charge in [-0.05, 0) is 49.6 Å². The molecule has 0 aliphatic rings. The zero-order valence-electron chi connectivity index (χ0n) is 17.6. The number of aromatic nitrogens is 2. The van der Waals surface area contributed by atoms with Crippen molar-refractivity contribution in [2.75, 3.05) is 5.32 Å². The molecule has 0 radical (unpaired) electrons. The van der Waals surface area contributed by atoms with E-state index in [0.717, 1.165) is 35.9 Å². The van der Waals surface area contributed by atoms with Crippen molar-refractivity contribution in [1.29, 1.82) is 0 Å². The number of aryl methyl sites for hydroxylation is 2. The van der Waals surface area contributed by atoms with Crippen LogP contribution in [0.15, 0.2) is 51.7 Å². The smallest absolute Gasteiger partial charge is 0.346 e. The molecule has 0 unspecified atom stereocenters. The topological polar surface area (TPSA) is 88.3 Å². The fourth-order valence-electron chi connectivity index (χ4n) is 3.44. The minimum absolute atomic E-state index is 0.167. The molecule has 2 heterocycles. The molecule has 31 heavy (non-hydrogen) atoms. The van der Waals surface area contributed by atoms with Crippen molar-refractivity contribution in [3.63, 3.8) is 0 Å². The fourth-order valence-corrected chi connectivity index (χ4v) is 4.21. The summed E-state index contributed by atoms with van der Waals surface area (Å²) in [6.07, 6.45) is 5.29. The minimum Gasteiger partial charge on any atom is -0.508 e. The first-order valence-corrected chi connectivity index (χ1v) is 11.3. The van der Waals surface area contributed by atoms with Crippen LogP contribution in [0.5, 0.6) is 5.75 Å². The molecular weight excluding hydrogens is 410 g/mol. The summed E-state index contributed by atoms with van der Waals surface area (Å²) in [7, 11) is 0. The van der Waals surface area contributed by atoms with Gasteiger partial charge in [0.2, 0.25) is 5.13 Å². The van der Waals surface area contributed by atoms with Crippen molar-refractivity contribution in [2.24, 2.45) is 0 Å². The highest BCUT2D eigenvalue weighted by Crippen LogP contribution is 2.31. The number of aromatic hydroxyl groups is 1. The summed E-state index contributed by atoms with van der Waals surface area (Å²) >= 11 is 1.29. The molecule has 2 aromatic heterocycles. The van der Waals surface area contributed by atoms with Gasteiger partial charge in [-0.1, -0.05) is 55.2 Å². The Kier molecular flexibility index (Phi) is 6.32. The SMILES string of the molecule is CCCCCCc1cc2cc(-c3nnc(Nc4ccc(C)cc4)s3)c(=O)oc2cc1O. The van der Waals surface area contributed by atoms with E-state index >= 15 is 0 Å². The van der Waals surface area contributed by atoms with Gasteiger partial charge in [0.25, 0.3) is 0 Å². The van der Waals surface area contributed by atoms with E-state index < -0.39 is 5.63 Å². The first-order chi connectivity index (χ1) is 15.0. The molecule has 7 heteroatoms. The monoisotopic (exact) mass is 435 g/mol. The second-order valence-electron chi connectivity index (χ2n) is 7.68. The maximum absolute atomic E-state index is 12.5. The van der Waals surface area contributed by atoms with E-state index in [1.165, 1.54) is 35.8 Å². The Morgan fingerprint density at radius 3 is 2.65 bits per heavy atom. The van der Waals surface area contributed by atoms with Crippen molar-refractivity contribution in [3.8, 4) is 16.3 Å². The molecule has 2 N–H and O–H groups in total. The van der Waals surface area contributed by atoms with Gasteiger partial charge in [0.05, 0.1) is 5.56 Å². The van der Waals surface area contributed by atoms with Crippen molar-refractivity contribution < 1.29 is 9.52 Å². The summed E-state index contributed by atoms with van der Waals surface area (Å²) in [6.45, 7) is 4.20. The first-order valence-electron chi connectivity index (χ1n) is 10.5. The Labute approximate surface area is 184 Å². The lowest BCUT2D eigenvalue weighted by Crippen LogP contribution is -2.02. The number of hydrogen-bond donors (Lipinski definition) is 2. The van der Waals surface area contributed by atoms with E-state index in [4.69, 9.17) is 4.42 Å². The standard InChI is InChI=1S/C24H25N3O3S/c1-3-4-5-6-7-16-12-17-13-19(23(29)30-21(17)14-20(16)28)22-26-27-24(31-22)25-18-10-8-15(2)9-11-18/h8-14,28H,3-7H2,1-2H3,(H,25,27). The molecule has 4 rings (SSSR count). The summed E-state index contributed by atoms with van der Waals surface area (Å²) in [5.74, 6) is 0.167. The molecule has 0 saturated heterocycles. The summed E-state index contributed by atoms with van der Waals surface area (Å²) in [4.78, 5) is 12.5.